The summed E-state index contributed by atoms with van der Waals surface area (Å²) < 4.78 is 0. The number of amides is 2. The molecule has 5 nitrogen and oxygen atoms in total. The summed E-state index contributed by atoms with van der Waals surface area (Å²) in [5.41, 5.74) is 0.521. The molecular weight excluding hydrogens is 345 g/mol. The number of hydrogen-bond donors (Lipinski definition) is 1. The fourth-order valence-electron chi connectivity index (χ4n) is 2.38. The number of hydrogen-bond acceptors (Lipinski definition) is 4. The average Bonchev–Trinajstić information content (AvgIpc) is 2.74. The minimum absolute atomic E-state index is 0.0391. The van der Waals surface area contributed by atoms with Gasteiger partial charge in [0.2, 0.25) is 11.8 Å². The first kappa shape index (κ1) is 15.6. The number of carbonyl (C=O) groups is 2. The van der Waals surface area contributed by atoms with Crippen LogP contribution in [0.3, 0.4) is 0 Å². The molecule has 2 heterocycles. The van der Waals surface area contributed by atoms with Crippen LogP contribution in [0.4, 0.5) is 5.69 Å². The Morgan fingerprint density at radius 1 is 1.36 bits per heavy atom. The van der Waals surface area contributed by atoms with Crippen LogP contribution in [0.1, 0.15) is 12.8 Å². The molecule has 0 aromatic heterocycles. The van der Waals surface area contributed by atoms with Crippen molar-refractivity contribution < 1.29 is 9.59 Å². The number of thioether (sulfide) groups is 1. The summed E-state index contributed by atoms with van der Waals surface area (Å²) >= 11 is 13.1. The van der Waals surface area contributed by atoms with Crippen LogP contribution in [0.5, 0.6) is 0 Å². The van der Waals surface area contributed by atoms with Crippen molar-refractivity contribution in [3.05, 3.63) is 28.2 Å². The second-order valence-corrected chi connectivity index (χ2v) is 7.07. The largest absolute Gasteiger partial charge is 0.326 e. The third-order valence-corrected chi connectivity index (χ3v) is 4.97. The number of carbonyl (C=O) groups excluding carboxylic acids is 2. The molecule has 0 aliphatic carbocycles. The second-order valence-electron chi connectivity index (χ2n) is 5.02. The van der Waals surface area contributed by atoms with Gasteiger partial charge in [0.1, 0.15) is 5.25 Å². The summed E-state index contributed by atoms with van der Waals surface area (Å²) in [4.78, 5) is 30.4. The van der Waals surface area contributed by atoms with Gasteiger partial charge in [-0.3, -0.25) is 19.5 Å². The van der Waals surface area contributed by atoms with Crippen LogP contribution in [0.25, 0.3) is 0 Å². The van der Waals surface area contributed by atoms with Crippen LogP contribution in [0, 0.1) is 0 Å². The van der Waals surface area contributed by atoms with Crippen LogP contribution >= 0.6 is 35.0 Å². The summed E-state index contributed by atoms with van der Waals surface area (Å²) in [6.07, 6.45) is 0.971. The Hall–Kier alpha value is -1.24. The van der Waals surface area contributed by atoms with Crippen molar-refractivity contribution in [1.29, 1.82) is 0 Å². The molecular formula is C14H13Cl2N3O2S. The number of halogens is 2. The van der Waals surface area contributed by atoms with Crippen molar-refractivity contribution in [3.8, 4) is 0 Å². The number of nitrogens with one attached hydrogen (secondary N) is 1. The highest BCUT2D eigenvalue weighted by Gasteiger charge is 2.39. The van der Waals surface area contributed by atoms with Gasteiger partial charge in [-0.25, -0.2) is 0 Å². The van der Waals surface area contributed by atoms with E-state index >= 15 is 0 Å². The Labute approximate surface area is 142 Å². The molecule has 1 unspecified atom stereocenters. The number of nitrogens with zero attached hydrogens (tertiary/aromatic N) is 2. The minimum Gasteiger partial charge on any atom is -0.326 e. The van der Waals surface area contributed by atoms with Crippen LogP contribution in [0.2, 0.25) is 10.0 Å². The smallest absolute Gasteiger partial charge is 0.242 e. The fourth-order valence-corrected chi connectivity index (χ4v) is 4.09. The maximum atomic E-state index is 12.2. The number of anilines is 1. The van der Waals surface area contributed by atoms with Gasteiger partial charge in [0.15, 0.2) is 5.17 Å². The van der Waals surface area contributed by atoms with Gasteiger partial charge in [-0.1, -0.05) is 35.0 Å². The van der Waals surface area contributed by atoms with Gasteiger partial charge in [-0.05, 0) is 24.6 Å². The lowest BCUT2D eigenvalue weighted by Crippen LogP contribution is -2.36. The third-order valence-electron chi connectivity index (χ3n) is 3.32. The van der Waals surface area contributed by atoms with E-state index in [-0.39, 0.29) is 18.2 Å². The highest BCUT2D eigenvalue weighted by atomic mass is 35.5. The molecule has 0 bridgehead atoms. The Balaban J connectivity index is 1.64. The predicted molar refractivity (Wildman–Crippen MR) is 89.7 cm³/mol. The van der Waals surface area contributed by atoms with Gasteiger partial charge in [0.25, 0.3) is 0 Å². The van der Waals surface area contributed by atoms with E-state index in [1.54, 1.807) is 23.1 Å². The van der Waals surface area contributed by atoms with E-state index in [0.717, 1.165) is 18.1 Å². The Kier molecular flexibility index (Phi) is 4.61. The number of amidine groups is 1. The van der Waals surface area contributed by atoms with Crippen molar-refractivity contribution in [2.24, 2.45) is 4.99 Å². The molecule has 1 fully saturated rings. The molecule has 2 aliphatic heterocycles. The van der Waals surface area contributed by atoms with Gasteiger partial charge < -0.3 is 5.32 Å². The molecule has 2 aliphatic rings. The van der Waals surface area contributed by atoms with Gasteiger partial charge in [0, 0.05) is 35.2 Å². The van der Waals surface area contributed by atoms with Crippen LogP contribution in [0.15, 0.2) is 23.2 Å². The highest BCUT2D eigenvalue weighted by molar-refractivity contribution is 8.15. The summed E-state index contributed by atoms with van der Waals surface area (Å²) in [5, 5.41) is 3.94. The zero-order valence-electron chi connectivity index (χ0n) is 11.5. The molecule has 0 saturated carbocycles. The van der Waals surface area contributed by atoms with E-state index in [4.69, 9.17) is 23.2 Å². The molecule has 0 radical (unpaired) electrons. The zero-order valence-corrected chi connectivity index (χ0v) is 13.8. The first-order valence-electron chi connectivity index (χ1n) is 6.81. The predicted octanol–water partition coefficient (Wildman–Crippen LogP) is 3.03. The molecule has 116 valence electrons. The van der Waals surface area contributed by atoms with Gasteiger partial charge in [-0.2, -0.15) is 0 Å². The lowest BCUT2D eigenvalue weighted by molar-refractivity contribution is -0.128. The van der Waals surface area contributed by atoms with Crippen LogP contribution in [-0.4, -0.2) is 40.2 Å². The van der Waals surface area contributed by atoms with Gasteiger partial charge in [-0.15, -0.1) is 0 Å². The molecule has 8 heteroatoms. The van der Waals surface area contributed by atoms with E-state index in [1.165, 1.54) is 11.8 Å². The van der Waals surface area contributed by atoms with Crippen molar-refractivity contribution >= 4 is 57.6 Å². The Morgan fingerprint density at radius 3 is 2.77 bits per heavy atom. The van der Waals surface area contributed by atoms with E-state index in [0.29, 0.717) is 22.3 Å². The number of rotatable bonds is 3. The van der Waals surface area contributed by atoms with Gasteiger partial charge >= 0.3 is 0 Å². The molecule has 2 amide bonds. The van der Waals surface area contributed by atoms with Crippen LogP contribution < -0.4 is 5.32 Å². The van der Waals surface area contributed by atoms with Crippen molar-refractivity contribution in [2.75, 3.05) is 18.4 Å². The Bertz CT molecular complexity index is 645. The summed E-state index contributed by atoms with van der Waals surface area (Å²) in [6.45, 7) is 1.43. The highest BCUT2D eigenvalue weighted by Crippen LogP contribution is 2.31. The van der Waals surface area contributed by atoms with E-state index < -0.39 is 5.25 Å². The number of aliphatic imine (C=N–C) groups is 1. The molecule has 1 atom stereocenters. The average molecular weight is 358 g/mol. The SMILES string of the molecule is O=C(CC1SC2=NCCCN2C1=O)Nc1cc(Cl)cc(Cl)c1. The molecule has 1 saturated heterocycles. The lowest BCUT2D eigenvalue weighted by Gasteiger charge is -2.19. The molecule has 1 N–H and O–H groups in total. The normalized spacial score (nSPS) is 20.6. The van der Waals surface area contributed by atoms with Gasteiger partial charge in [0.05, 0.1) is 0 Å². The molecule has 22 heavy (non-hydrogen) atoms. The minimum atomic E-state index is -0.411. The zero-order chi connectivity index (χ0) is 15.7. The maximum absolute atomic E-state index is 12.2. The first-order valence-corrected chi connectivity index (χ1v) is 8.45. The summed E-state index contributed by atoms with van der Waals surface area (Å²) in [7, 11) is 0. The molecule has 1 aromatic carbocycles. The summed E-state index contributed by atoms with van der Waals surface area (Å²) in [5.74, 6) is -0.285. The Morgan fingerprint density at radius 2 is 2.09 bits per heavy atom. The summed E-state index contributed by atoms with van der Waals surface area (Å²) in [6, 6.07) is 4.82. The van der Waals surface area contributed by atoms with E-state index in [9.17, 15) is 9.59 Å². The third kappa shape index (κ3) is 3.39. The van der Waals surface area contributed by atoms with Crippen molar-refractivity contribution in [3.63, 3.8) is 0 Å². The number of benzene rings is 1. The number of fused-ring (bicyclic) bond motifs is 1. The van der Waals surface area contributed by atoms with Crippen LogP contribution in [-0.2, 0) is 9.59 Å². The van der Waals surface area contributed by atoms with E-state index in [1.807, 2.05) is 0 Å². The molecule has 1 aromatic rings. The van der Waals surface area contributed by atoms with Crippen molar-refractivity contribution in [2.45, 2.75) is 18.1 Å². The monoisotopic (exact) mass is 357 g/mol. The molecule has 3 rings (SSSR count). The maximum Gasteiger partial charge on any atom is 0.242 e. The first-order chi connectivity index (χ1) is 10.5. The standard InChI is InChI=1S/C14H13Cl2N3O2S/c15-8-4-9(16)6-10(5-8)18-12(20)7-11-13(21)19-3-1-2-17-14(19)22-11/h4-6,11H,1-3,7H2,(H,18,20). The van der Waals surface area contributed by atoms with E-state index in [2.05, 4.69) is 10.3 Å². The lowest BCUT2D eigenvalue weighted by atomic mass is 10.2. The quantitative estimate of drug-likeness (QED) is 0.904. The second kappa shape index (κ2) is 6.48. The topological polar surface area (TPSA) is 61.8 Å². The fraction of sp³-hybridized carbons (Fsp3) is 0.357. The van der Waals surface area contributed by atoms with Crippen molar-refractivity contribution in [1.82, 2.24) is 4.90 Å². The molecule has 0 spiro atoms.